The predicted octanol–water partition coefficient (Wildman–Crippen LogP) is 3.58. The number of aromatic nitrogens is 1. The van der Waals surface area contributed by atoms with Crippen molar-refractivity contribution in [2.75, 3.05) is 6.61 Å². The Morgan fingerprint density at radius 2 is 2.20 bits per heavy atom. The van der Waals surface area contributed by atoms with Crippen LogP contribution in [0.3, 0.4) is 0 Å². The lowest BCUT2D eigenvalue weighted by Gasteiger charge is -2.15. The minimum absolute atomic E-state index is 0.0162. The number of hydrogen-bond acceptors (Lipinski definition) is 3. The smallest absolute Gasteiger partial charge is 0.0649 e. The van der Waals surface area contributed by atoms with Crippen LogP contribution in [0.5, 0.6) is 0 Å². The second-order valence-corrected chi connectivity index (χ2v) is 5.59. The summed E-state index contributed by atoms with van der Waals surface area (Å²) in [6.07, 6.45) is 7.94. The van der Waals surface area contributed by atoms with E-state index in [2.05, 4.69) is 23.2 Å². The first-order chi connectivity index (χ1) is 9.84. The third-order valence-electron chi connectivity index (χ3n) is 4.12. The van der Waals surface area contributed by atoms with Gasteiger partial charge in [0, 0.05) is 24.2 Å². The Kier molecular flexibility index (Phi) is 4.28. The predicted molar refractivity (Wildman–Crippen MR) is 81.5 cm³/mol. The molecule has 0 saturated carbocycles. The van der Waals surface area contributed by atoms with Crippen LogP contribution in [0.1, 0.15) is 43.8 Å². The highest BCUT2D eigenvalue weighted by Crippen LogP contribution is 2.25. The molecule has 2 atom stereocenters. The molecule has 1 aliphatic rings. The molecule has 2 N–H and O–H groups in total. The molecular formula is C17H22N2O. The summed E-state index contributed by atoms with van der Waals surface area (Å²) in [6.45, 7) is 0.932. The molecule has 1 aromatic heterocycles. The number of benzene rings is 1. The first-order valence-electron chi connectivity index (χ1n) is 7.55. The Labute approximate surface area is 120 Å². The maximum absolute atomic E-state index is 6.34. The van der Waals surface area contributed by atoms with Crippen molar-refractivity contribution in [3.63, 3.8) is 0 Å². The van der Waals surface area contributed by atoms with E-state index in [1.54, 1.807) is 0 Å². The average Bonchev–Trinajstić information content (AvgIpc) is 3.00. The Morgan fingerprint density at radius 3 is 3.05 bits per heavy atom. The fraction of sp³-hybridized carbons (Fsp3) is 0.471. The zero-order valence-electron chi connectivity index (χ0n) is 11.8. The standard InChI is InChI=1S/C17H22N2O/c18-16(9-3-6-14-7-4-12-20-14)17-15-8-2-1-5-13(15)10-11-19-17/h1-2,5,8,10-11,14,16H,3-4,6-7,9,12,18H2. The zero-order chi connectivity index (χ0) is 13.8. The molecule has 2 unspecified atom stereocenters. The molecule has 0 bridgehead atoms. The lowest BCUT2D eigenvalue weighted by molar-refractivity contribution is 0.101. The third kappa shape index (κ3) is 3.00. The van der Waals surface area contributed by atoms with Gasteiger partial charge in [0.25, 0.3) is 0 Å². The van der Waals surface area contributed by atoms with Gasteiger partial charge in [0.2, 0.25) is 0 Å². The lowest BCUT2D eigenvalue weighted by atomic mass is 10.00. The molecule has 2 heterocycles. The molecule has 1 fully saturated rings. The molecule has 0 aliphatic carbocycles. The summed E-state index contributed by atoms with van der Waals surface area (Å²) in [4.78, 5) is 4.50. The second-order valence-electron chi connectivity index (χ2n) is 5.59. The van der Waals surface area contributed by atoms with E-state index < -0.39 is 0 Å². The molecule has 106 valence electrons. The molecular weight excluding hydrogens is 248 g/mol. The van der Waals surface area contributed by atoms with Gasteiger partial charge in [-0.3, -0.25) is 4.98 Å². The molecule has 1 aromatic carbocycles. The molecule has 3 rings (SSSR count). The van der Waals surface area contributed by atoms with Gasteiger partial charge in [0.05, 0.1) is 11.8 Å². The van der Waals surface area contributed by atoms with E-state index in [1.165, 1.54) is 23.6 Å². The van der Waals surface area contributed by atoms with Crippen molar-refractivity contribution in [1.82, 2.24) is 4.98 Å². The molecule has 1 aliphatic heterocycles. The van der Waals surface area contributed by atoms with E-state index in [1.807, 2.05) is 18.3 Å². The van der Waals surface area contributed by atoms with Crippen LogP contribution >= 0.6 is 0 Å². The van der Waals surface area contributed by atoms with Gasteiger partial charge >= 0.3 is 0 Å². The average molecular weight is 270 g/mol. The van der Waals surface area contributed by atoms with Gasteiger partial charge in [0.1, 0.15) is 0 Å². The highest BCUT2D eigenvalue weighted by atomic mass is 16.5. The van der Waals surface area contributed by atoms with Crippen molar-refractivity contribution in [1.29, 1.82) is 0 Å². The summed E-state index contributed by atoms with van der Waals surface area (Å²) < 4.78 is 5.65. The van der Waals surface area contributed by atoms with Crippen LogP contribution in [0, 0.1) is 0 Å². The zero-order valence-corrected chi connectivity index (χ0v) is 11.8. The van der Waals surface area contributed by atoms with Crippen LogP contribution < -0.4 is 5.73 Å². The van der Waals surface area contributed by atoms with E-state index in [-0.39, 0.29) is 6.04 Å². The van der Waals surface area contributed by atoms with E-state index >= 15 is 0 Å². The van der Waals surface area contributed by atoms with E-state index in [9.17, 15) is 0 Å². The number of fused-ring (bicyclic) bond motifs is 1. The summed E-state index contributed by atoms with van der Waals surface area (Å²) in [5.74, 6) is 0. The van der Waals surface area contributed by atoms with Crippen molar-refractivity contribution < 1.29 is 4.74 Å². The van der Waals surface area contributed by atoms with Crippen molar-refractivity contribution in [2.24, 2.45) is 5.73 Å². The number of nitrogens with zero attached hydrogens (tertiary/aromatic N) is 1. The summed E-state index contributed by atoms with van der Waals surface area (Å²) >= 11 is 0. The van der Waals surface area contributed by atoms with Gasteiger partial charge in [-0.05, 0) is 43.6 Å². The molecule has 3 nitrogen and oxygen atoms in total. The molecule has 0 spiro atoms. The number of ether oxygens (including phenoxy) is 1. The highest BCUT2D eigenvalue weighted by Gasteiger charge is 2.16. The summed E-state index contributed by atoms with van der Waals surface area (Å²) in [7, 11) is 0. The van der Waals surface area contributed by atoms with E-state index in [0.29, 0.717) is 6.10 Å². The molecule has 0 radical (unpaired) electrons. The first-order valence-corrected chi connectivity index (χ1v) is 7.55. The molecule has 3 heteroatoms. The monoisotopic (exact) mass is 270 g/mol. The SMILES string of the molecule is NC(CCCC1CCCO1)c1nccc2ccccc12. The second kappa shape index (κ2) is 6.33. The van der Waals surface area contributed by atoms with Gasteiger partial charge < -0.3 is 10.5 Å². The Morgan fingerprint density at radius 1 is 1.30 bits per heavy atom. The van der Waals surface area contributed by atoms with Crippen molar-refractivity contribution in [3.8, 4) is 0 Å². The molecule has 20 heavy (non-hydrogen) atoms. The highest BCUT2D eigenvalue weighted by molar-refractivity contribution is 5.84. The van der Waals surface area contributed by atoms with Gasteiger partial charge in [-0.15, -0.1) is 0 Å². The van der Waals surface area contributed by atoms with Gasteiger partial charge in [0.15, 0.2) is 0 Å². The Balaban J connectivity index is 1.64. The van der Waals surface area contributed by atoms with Crippen molar-refractivity contribution >= 4 is 10.8 Å². The largest absolute Gasteiger partial charge is 0.378 e. The van der Waals surface area contributed by atoms with Gasteiger partial charge in [-0.25, -0.2) is 0 Å². The van der Waals surface area contributed by atoms with Crippen LogP contribution in [0.4, 0.5) is 0 Å². The minimum Gasteiger partial charge on any atom is -0.378 e. The maximum Gasteiger partial charge on any atom is 0.0649 e. The van der Waals surface area contributed by atoms with Gasteiger partial charge in [-0.2, -0.15) is 0 Å². The van der Waals surface area contributed by atoms with Crippen LogP contribution in [0.25, 0.3) is 10.8 Å². The molecule has 0 amide bonds. The summed E-state index contributed by atoms with van der Waals surface area (Å²) in [5.41, 5.74) is 7.37. The first kappa shape index (κ1) is 13.5. The van der Waals surface area contributed by atoms with Crippen LogP contribution in [-0.4, -0.2) is 17.7 Å². The number of rotatable bonds is 5. The van der Waals surface area contributed by atoms with Crippen LogP contribution in [-0.2, 0) is 4.74 Å². The molecule has 1 saturated heterocycles. The third-order valence-corrected chi connectivity index (χ3v) is 4.12. The number of pyridine rings is 1. The van der Waals surface area contributed by atoms with Crippen molar-refractivity contribution in [2.45, 2.75) is 44.2 Å². The normalized spacial score (nSPS) is 20.4. The van der Waals surface area contributed by atoms with Crippen LogP contribution in [0.2, 0.25) is 0 Å². The van der Waals surface area contributed by atoms with Gasteiger partial charge in [-0.1, -0.05) is 24.3 Å². The fourth-order valence-electron chi connectivity index (χ4n) is 3.01. The minimum atomic E-state index is 0.0162. The van der Waals surface area contributed by atoms with E-state index in [4.69, 9.17) is 10.5 Å². The number of hydrogen-bond donors (Lipinski definition) is 1. The lowest BCUT2D eigenvalue weighted by Crippen LogP contribution is -2.14. The quantitative estimate of drug-likeness (QED) is 0.903. The maximum atomic E-state index is 6.34. The Bertz CT molecular complexity index is 558. The topological polar surface area (TPSA) is 48.1 Å². The van der Waals surface area contributed by atoms with E-state index in [0.717, 1.165) is 31.6 Å². The van der Waals surface area contributed by atoms with Crippen LogP contribution in [0.15, 0.2) is 36.5 Å². The fourth-order valence-corrected chi connectivity index (χ4v) is 3.01. The summed E-state index contributed by atoms with van der Waals surface area (Å²) in [5, 5.41) is 2.40. The Hall–Kier alpha value is -1.45. The van der Waals surface area contributed by atoms with Crippen molar-refractivity contribution in [3.05, 3.63) is 42.2 Å². The number of nitrogens with two attached hydrogens (primary N) is 1. The molecule has 2 aromatic rings. The summed E-state index contributed by atoms with van der Waals surface area (Å²) in [6, 6.07) is 10.4.